The van der Waals surface area contributed by atoms with Gasteiger partial charge in [0.1, 0.15) is 12.4 Å². The lowest BCUT2D eigenvalue weighted by Gasteiger charge is -2.18. The van der Waals surface area contributed by atoms with Gasteiger partial charge in [0.05, 0.1) is 0 Å². The van der Waals surface area contributed by atoms with Crippen molar-refractivity contribution in [3.63, 3.8) is 0 Å². The third kappa shape index (κ3) is 2.43. The van der Waals surface area contributed by atoms with Crippen LogP contribution in [0.2, 0.25) is 0 Å². The Kier molecular flexibility index (Phi) is 3.08. The van der Waals surface area contributed by atoms with Gasteiger partial charge in [-0.3, -0.25) is 9.59 Å². The molecule has 0 fully saturated rings. The van der Waals surface area contributed by atoms with Crippen LogP contribution in [-0.4, -0.2) is 35.0 Å². The molecular weight excluding hydrogens is 225 g/mol. The van der Waals surface area contributed by atoms with Gasteiger partial charge in [0, 0.05) is 12.1 Å². The molecule has 0 bridgehead atoms. The van der Waals surface area contributed by atoms with E-state index in [2.05, 4.69) is 0 Å². The average molecular weight is 237 g/mol. The number of fused-ring (bicyclic) bond motifs is 1. The van der Waals surface area contributed by atoms with Gasteiger partial charge < -0.3 is 10.0 Å². The zero-order chi connectivity index (χ0) is 12.4. The van der Waals surface area contributed by atoms with Crippen LogP contribution in [0.1, 0.15) is 22.3 Å². The molecule has 0 saturated heterocycles. The molecule has 0 unspecified atom stereocenters. The van der Waals surface area contributed by atoms with Crippen LogP contribution in [0.5, 0.6) is 0 Å². The molecule has 90 valence electrons. The van der Waals surface area contributed by atoms with Crippen LogP contribution in [0, 0.1) is 5.82 Å². The Morgan fingerprint density at radius 3 is 2.94 bits per heavy atom. The van der Waals surface area contributed by atoms with E-state index in [1.54, 1.807) is 0 Å². The van der Waals surface area contributed by atoms with Crippen molar-refractivity contribution >= 4 is 11.9 Å². The van der Waals surface area contributed by atoms with Crippen molar-refractivity contribution in [1.29, 1.82) is 0 Å². The molecule has 0 saturated carbocycles. The van der Waals surface area contributed by atoms with Gasteiger partial charge in [-0.05, 0) is 36.6 Å². The molecule has 1 aromatic carbocycles. The zero-order valence-electron chi connectivity index (χ0n) is 9.15. The zero-order valence-corrected chi connectivity index (χ0v) is 9.15. The van der Waals surface area contributed by atoms with Crippen LogP contribution in [0.4, 0.5) is 4.39 Å². The maximum Gasteiger partial charge on any atom is 0.323 e. The maximum absolute atomic E-state index is 13.0. The lowest BCUT2D eigenvalue weighted by Crippen LogP contribution is -2.35. The number of aryl methyl sites for hydroxylation is 1. The van der Waals surface area contributed by atoms with Gasteiger partial charge >= 0.3 is 5.97 Å². The Bertz CT molecular complexity index is 473. The SMILES string of the molecule is O=C(O)CN1CCCc2cc(F)ccc2C1=O. The highest BCUT2D eigenvalue weighted by Crippen LogP contribution is 2.19. The number of carboxylic acid groups (broad SMARTS) is 1. The summed E-state index contributed by atoms with van der Waals surface area (Å²) in [5.74, 6) is -1.74. The fraction of sp³-hybridized carbons (Fsp3) is 0.333. The van der Waals surface area contributed by atoms with E-state index < -0.39 is 5.97 Å². The highest BCUT2D eigenvalue weighted by molar-refractivity contribution is 5.97. The van der Waals surface area contributed by atoms with Crippen LogP contribution in [0.3, 0.4) is 0 Å². The summed E-state index contributed by atoms with van der Waals surface area (Å²) in [4.78, 5) is 23.9. The number of hydrogen-bond donors (Lipinski definition) is 1. The van der Waals surface area contributed by atoms with E-state index in [9.17, 15) is 14.0 Å². The summed E-state index contributed by atoms with van der Waals surface area (Å²) >= 11 is 0. The van der Waals surface area contributed by atoms with E-state index >= 15 is 0 Å². The fourth-order valence-electron chi connectivity index (χ4n) is 2.02. The first kappa shape index (κ1) is 11.6. The molecule has 2 rings (SSSR count). The van der Waals surface area contributed by atoms with Crippen LogP contribution >= 0.6 is 0 Å². The Hall–Kier alpha value is -1.91. The largest absolute Gasteiger partial charge is 0.480 e. The molecule has 1 aliphatic heterocycles. The molecule has 1 amide bonds. The second-order valence-electron chi connectivity index (χ2n) is 4.03. The van der Waals surface area contributed by atoms with Gasteiger partial charge in [-0.15, -0.1) is 0 Å². The van der Waals surface area contributed by atoms with E-state index in [1.165, 1.54) is 23.1 Å². The molecule has 0 radical (unpaired) electrons. The highest BCUT2D eigenvalue weighted by atomic mass is 19.1. The Labute approximate surface area is 97.7 Å². The number of carbonyl (C=O) groups excluding carboxylic acids is 1. The van der Waals surface area contributed by atoms with E-state index in [0.717, 1.165) is 0 Å². The van der Waals surface area contributed by atoms with Crippen LogP contribution < -0.4 is 0 Å². The first-order valence-electron chi connectivity index (χ1n) is 5.37. The summed E-state index contributed by atoms with van der Waals surface area (Å²) in [5.41, 5.74) is 1.06. The van der Waals surface area contributed by atoms with Gasteiger partial charge in [0.15, 0.2) is 0 Å². The molecule has 0 aromatic heterocycles. The molecule has 1 heterocycles. The summed E-state index contributed by atoms with van der Waals surface area (Å²) < 4.78 is 13.0. The summed E-state index contributed by atoms with van der Waals surface area (Å²) in [6, 6.07) is 3.99. The monoisotopic (exact) mass is 237 g/mol. The van der Waals surface area contributed by atoms with Crippen LogP contribution in [0.15, 0.2) is 18.2 Å². The predicted molar refractivity (Wildman–Crippen MR) is 58.3 cm³/mol. The second-order valence-corrected chi connectivity index (χ2v) is 4.03. The minimum absolute atomic E-state index is 0.310. The molecule has 0 atom stereocenters. The van der Waals surface area contributed by atoms with Gasteiger partial charge in [0.2, 0.25) is 0 Å². The third-order valence-corrected chi connectivity index (χ3v) is 2.79. The number of benzene rings is 1. The molecule has 5 heteroatoms. The minimum Gasteiger partial charge on any atom is -0.480 e. The van der Waals surface area contributed by atoms with Crippen LogP contribution in [-0.2, 0) is 11.2 Å². The molecule has 1 aliphatic rings. The average Bonchev–Trinajstić information content (AvgIpc) is 2.39. The molecular formula is C12H12FNO3. The lowest BCUT2D eigenvalue weighted by molar-refractivity contribution is -0.137. The van der Waals surface area contributed by atoms with E-state index in [0.29, 0.717) is 30.5 Å². The predicted octanol–water partition coefficient (Wildman–Crippen LogP) is 1.30. The third-order valence-electron chi connectivity index (χ3n) is 2.79. The molecule has 0 aliphatic carbocycles. The van der Waals surface area contributed by atoms with Crippen molar-refractivity contribution in [1.82, 2.24) is 4.90 Å². The van der Waals surface area contributed by atoms with Crippen molar-refractivity contribution in [3.05, 3.63) is 35.1 Å². The summed E-state index contributed by atoms with van der Waals surface area (Å²) in [7, 11) is 0. The minimum atomic E-state index is -1.04. The summed E-state index contributed by atoms with van der Waals surface area (Å²) in [6.07, 6.45) is 1.24. The number of carboxylic acids is 1. The van der Waals surface area contributed by atoms with Gasteiger partial charge in [-0.25, -0.2) is 4.39 Å². The number of amides is 1. The molecule has 17 heavy (non-hydrogen) atoms. The van der Waals surface area contributed by atoms with Crippen molar-refractivity contribution in [2.24, 2.45) is 0 Å². The Balaban J connectivity index is 2.33. The van der Waals surface area contributed by atoms with Crippen molar-refractivity contribution in [3.8, 4) is 0 Å². The lowest BCUT2D eigenvalue weighted by atomic mass is 10.0. The first-order valence-corrected chi connectivity index (χ1v) is 5.37. The van der Waals surface area contributed by atoms with Gasteiger partial charge in [-0.1, -0.05) is 0 Å². The molecule has 1 aromatic rings. The van der Waals surface area contributed by atoms with Crippen molar-refractivity contribution in [2.75, 3.05) is 13.1 Å². The van der Waals surface area contributed by atoms with E-state index in [-0.39, 0.29) is 18.3 Å². The second kappa shape index (κ2) is 4.53. The van der Waals surface area contributed by atoms with E-state index in [1.807, 2.05) is 0 Å². The number of nitrogens with zero attached hydrogens (tertiary/aromatic N) is 1. The fourth-order valence-corrected chi connectivity index (χ4v) is 2.02. The summed E-state index contributed by atoms with van der Waals surface area (Å²) in [6.45, 7) is 0.0804. The first-order chi connectivity index (χ1) is 8.08. The molecule has 1 N–H and O–H groups in total. The highest BCUT2D eigenvalue weighted by Gasteiger charge is 2.23. The Morgan fingerprint density at radius 2 is 2.24 bits per heavy atom. The van der Waals surface area contributed by atoms with Crippen LogP contribution in [0.25, 0.3) is 0 Å². The molecule has 4 nitrogen and oxygen atoms in total. The maximum atomic E-state index is 13.0. The summed E-state index contributed by atoms with van der Waals surface area (Å²) in [5, 5.41) is 8.71. The smallest absolute Gasteiger partial charge is 0.323 e. The number of halogens is 1. The molecule has 0 spiro atoms. The quantitative estimate of drug-likeness (QED) is 0.843. The van der Waals surface area contributed by atoms with Gasteiger partial charge in [0.25, 0.3) is 5.91 Å². The number of hydrogen-bond acceptors (Lipinski definition) is 2. The normalized spacial score (nSPS) is 15.4. The number of aliphatic carboxylic acids is 1. The van der Waals surface area contributed by atoms with E-state index in [4.69, 9.17) is 5.11 Å². The topological polar surface area (TPSA) is 57.6 Å². The van der Waals surface area contributed by atoms with Crippen molar-refractivity contribution in [2.45, 2.75) is 12.8 Å². The van der Waals surface area contributed by atoms with Crippen molar-refractivity contribution < 1.29 is 19.1 Å². The Morgan fingerprint density at radius 1 is 1.47 bits per heavy atom. The number of rotatable bonds is 2. The van der Waals surface area contributed by atoms with Gasteiger partial charge in [-0.2, -0.15) is 0 Å². The standard InChI is InChI=1S/C12H12FNO3/c13-9-3-4-10-8(6-9)2-1-5-14(12(10)17)7-11(15)16/h3-4,6H,1-2,5,7H2,(H,15,16). The number of carbonyl (C=O) groups is 2.